The highest BCUT2D eigenvalue weighted by Gasteiger charge is 2.21. The van der Waals surface area contributed by atoms with Crippen molar-refractivity contribution in [3.8, 4) is 0 Å². The summed E-state index contributed by atoms with van der Waals surface area (Å²) in [5.41, 5.74) is 0.239. The van der Waals surface area contributed by atoms with Gasteiger partial charge in [-0.15, -0.1) is 0 Å². The Morgan fingerprint density at radius 3 is 2.70 bits per heavy atom. The molecule has 1 aliphatic heterocycles. The molecular formula is C15H20F2N2O. The second-order valence-corrected chi connectivity index (χ2v) is 5.22. The number of amides is 1. The van der Waals surface area contributed by atoms with Gasteiger partial charge in [0.05, 0.1) is 6.04 Å². The van der Waals surface area contributed by atoms with Crippen molar-refractivity contribution in [2.24, 2.45) is 0 Å². The zero-order valence-electron chi connectivity index (χ0n) is 11.7. The average molecular weight is 282 g/mol. The van der Waals surface area contributed by atoms with Gasteiger partial charge in [-0.25, -0.2) is 8.78 Å². The van der Waals surface area contributed by atoms with Gasteiger partial charge in [0, 0.05) is 25.2 Å². The summed E-state index contributed by atoms with van der Waals surface area (Å²) in [6.07, 6.45) is 3.24. The summed E-state index contributed by atoms with van der Waals surface area (Å²) in [5, 5.41) is 2.97. The van der Waals surface area contributed by atoms with Crippen molar-refractivity contribution in [3.05, 3.63) is 35.4 Å². The average Bonchev–Trinajstić information content (AvgIpc) is 2.48. The number of carbonyl (C=O) groups excluding carboxylic acids is 1. The van der Waals surface area contributed by atoms with Gasteiger partial charge in [0.2, 0.25) is 5.91 Å². The third-order valence-corrected chi connectivity index (χ3v) is 3.64. The van der Waals surface area contributed by atoms with Gasteiger partial charge in [0.25, 0.3) is 0 Å². The van der Waals surface area contributed by atoms with Gasteiger partial charge < -0.3 is 10.2 Å². The Labute approximate surface area is 118 Å². The van der Waals surface area contributed by atoms with Crippen LogP contribution in [0.3, 0.4) is 0 Å². The molecule has 0 bridgehead atoms. The Balaban J connectivity index is 1.89. The van der Waals surface area contributed by atoms with Crippen molar-refractivity contribution in [2.45, 2.75) is 38.8 Å². The van der Waals surface area contributed by atoms with Crippen LogP contribution >= 0.6 is 0 Å². The van der Waals surface area contributed by atoms with Crippen molar-refractivity contribution in [1.29, 1.82) is 0 Å². The van der Waals surface area contributed by atoms with Crippen molar-refractivity contribution in [3.63, 3.8) is 0 Å². The molecule has 0 aliphatic carbocycles. The lowest BCUT2D eigenvalue weighted by Gasteiger charge is -2.29. The molecule has 1 amide bonds. The lowest BCUT2D eigenvalue weighted by Crippen LogP contribution is -2.46. The van der Waals surface area contributed by atoms with Crippen LogP contribution in [0.1, 0.15) is 31.7 Å². The third kappa shape index (κ3) is 3.76. The van der Waals surface area contributed by atoms with E-state index in [0.29, 0.717) is 0 Å². The molecule has 1 aliphatic rings. The number of piperidine rings is 1. The first-order valence-electron chi connectivity index (χ1n) is 7.04. The van der Waals surface area contributed by atoms with Gasteiger partial charge in [-0.1, -0.05) is 0 Å². The minimum Gasteiger partial charge on any atom is -0.341 e. The Bertz CT molecular complexity index is 473. The number of benzene rings is 1. The smallest absolute Gasteiger partial charge is 0.239 e. The molecule has 0 aromatic heterocycles. The van der Waals surface area contributed by atoms with E-state index in [0.717, 1.165) is 44.1 Å². The van der Waals surface area contributed by atoms with E-state index < -0.39 is 17.7 Å². The molecule has 1 fully saturated rings. The molecule has 0 radical (unpaired) electrons. The summed E-state index contributed by atoms with van der Waals surface area (Å²) < 4.78 is 26.5. The normalized spacial score (nSPS) is 17.1. The number of halogens is 2. The van der Waals surface area contributed by atoms with Gasteiger partial charge in [-0.3, -0.25) is 4.79 Å². The van der Waals surface area contributed by atoms with Gasteiger partial charge in [0.15, 0.2) is 0 Å². The second-order valence-electron chi connectivity index (χ2n) is 5.22. The highest BCUT2D eigenvalue weighted by atomic mass is 19.1. The molecule has 1 unspecified atom stereocenters. The third-order valence-electron chi connectivity index (χ3n) is 3.64. The monoisotopic (exact) mass is 282 g/mol. The maximum atomic E-state index is 13.5. The number of hydrogen-bond donors (Lipinski definition) is 1. The minimum atomic E-state index is -0.474. The summed E-state index contributed by atoms with van der Waals surface area (Å²) in [6.45, 7) is 3.48. The number of rotatable bonds is 4. The molecule has 0 spiro atoms. The quantitative estimate of drug-likeness (QED) is 0.920. The Hall–Kier alpha value is -1.49. The minimum absolute atomic E-state index is 0.0292. The van der Waals surface area contributed by atoms with E-state index >= 15 is 0 Å². The van der Waals surface area contributed by atoms with E-state index in [1.165, 1.54) is 6.42 Å². The Morgan fingerprint density at radius 2 is 2.00 bits per heavy atom. The van der Waals surface area contributed by atoms with E-state index in [-0.39, 0.29) is 18.0 Å². The van der Waals surface area contributed by atoms with Gasteiger partial charge >= 0.3 is 0 Å². The van der Waals surface area contributed by atoms with Crippen molar-refractivity contribution in [1.82, 2.24) is 10.2 Å². The summed E-state index contributed by atoms with van der Waals surface area (Å²) in [5.74, 6) is -0.906. The largest absolute Gasteiger partial charge is 0.341 e. The first kappa shape index (κ1) is 14.9. The van der Waals surface area contributed by atoms with Crippen LogP contribution in [0.25, 0.3) is 0 Å². The Kier molecular flexibility index (Phi) is 5.06. The van der Waals surface area contributed by atoms with Crippen LogP contribution in [0.2, 0.25) is 0 Å². The van der Waals surface area contributed by atoms with E-state index in [1.54, 1.807) is 6.92 Å². The zero-order valence-corrected chi connectivity index (χ0v) is 11.7. The lowest BCUT2D eigenvalue weighted by molar-refractivity contribution is -0.133. The molecule has 1 saturated heterocycles. The topological polar surface area (TPSA) is 32.3 Å². The first-order valence-corrected chi connectivity index (χ1v) is 7.04. The standard InChI is InChI=1S/C15H20F2N2O/c1-11(15(20)19-7-3-2-4-8-19)18-10-12-9-13(16)5-6-14(12)17/h5-6,9,11,18H,2-4,7-8,10H2,1H3. The predicted molar refractivity (Wildman–Crippen MR) is 73.1 cm³/mol. The van der Waals surface area contributed by atoms with Gasteiger partial charge in [-0.05, 0) is 44.4 Å². The number of nitrogens with one attached hydrogen (secondary N) is 1. The van der Waals surface area contributed by atoms with Crippen molar-refractivity contribution < 1.29 is 13.6 Å². The molecule has 110 valence electrons. The second kappa shape index (κ2) is 6.79. The molecule has 1 atom stereocenters. The number of hydrogen-bond acceptors (Lipinski definition) is 2. The molecule has 1 aromatic carbocycles. The Morgan fingerprint density at radius 1 is 1.30 bits per heavy atom. The van der Waals surface area contributed by atoms with Crippen LogP contribution in [0, 0.1) is 11.6 Å². The summed E-state index contributed by atoms with van der Waals surface area (Å²) in [7, 11) is 0. The molecule has 20 heavy (non-hydrogen) atoms. The summed E-state index contributed by atoms with van der Waals surface area (Å²) in [6, 6.07) is 2.95. The fraction of sp³-hybridized carbons (Fsp3) is 0.533. The zero-order chi connectivity index (χ0) is 14.5. The van der Waals surface area contributed by atoms with Gasteiger partial charge in [0.1, 0.15) is 11.6 Å². The highest BCUT2D eigenvalue weighted by Crippen LogP contribution is 2.12. The van der Waals surface area contributed by atoms with Crippen molar-refractivity contribution in [2.75, 3.05) is 13.1 Å². The van der Waals surface area contributed by atoms with E-state index in [2.05, 4.69) is 5.32 Å². The molecule has 1 aromatic rings. The molecule has 0 saturated carbocycles. The van der Waals surface area contributed by atoms with Crippen LogP contribution in [-0.4, -0.2) is 29.9 Å². The molecule has 1 heterocycles. The molecule has 3 nitrogen and oxygen atoms in total. The summed E-state index contributed by atoms with van der Waals surface area (Å²) >= 11 is 0. The highest BCUT2D eigenvalue weighted by molar-refractivity contribution is 5.81. The fourth-order valence-corrected chi connectivity index (χ4v) is 2.42. The maximum Gasteiger partial charge on any atom is 0.239 e. The van der Waals surface area contributed by atoms with Gasteiger partial charge in [-0.2, -0.15) is 0 Å². The molecular weight excluding hydrogens is 262 g/mol. The lowest BCUT2D eigenvalue weighted by atomic mass is 10.1. The number of carbonyl (C=O) groups is 1. The van der Waals surface area contributed by atoms with E-state index in [4.69, 9.17) is 0 Å². The van der Waals surface area contributed by atoms with Crippen LogP contribution < -0.4 is 5.32 Å². The van der Waals surface area contributed by atoms with Crippen LogP contribution in [-0.2, 0) is 11.3 Å². The SMILES string of the molecule is CC(NCc1cc(F)ccc1F)C(=O)N1CCCCC1. The van der Waals surface area contributed by atoms with Crippen LogP contribution in [0.5, 0.6) is 0 Å². The molecule has 2 rings (SSSR count). The maximum absolute atomic E-state index is 13.5. The number of nitrogens with zero attached hydrogens (tertiary/aromatic N) is 1. The van der Waals surface area contributed by atoms with Crippen LogP contribution in [0.15, 0.2) is 18.2 Å². The van der Waals surface area contributed by atoms with E-state index in [1.807, 2.05) is 4.90 Å². The number of likely N-dealkylation sites (tertiary alicyclic amines) is 1. The summed E-state index contributed by atoms with van der Waals surface area (Å²) in [4.78, 5) is 14.0. The van der Waals surface area contributed by atoms with Crippen molar-refractivity contribution >= 4 is 5.91 Å². The van der Waals surface area contributed by atoms with E-state index in [9.17, 15) is 13.6 Å². The van der Waals surface area contributed by atoms with Crippen LogP contribution in [0.4, 0.5) is 8.78 Å². The molecule has 5 heteroatoms. The predicted octanol–water partition coefficient (Wildman–Crippen LogP) is 2.46. The molecule has 1 N–H and O–H groups in total. The fourth-order valence-electron chi connectivity index (χ4n) is 2.42. The first-order chi connectivity index (χ1) is 9.58.